The van der Waals surface area contributed by atoms with Crippen LogP contribution in [-0.4, -0.2) is 0 Å². The molecule has 5 fully saturated rings. The summed E-state index contributed by atoms with van der Waals surface area (Å²) in [5.74, 6) is 7.81. The van der Waals surface area contributed by atoms with Gasteiger partial charge in [-0.2, -0.15) is 0 Å². The Morgan fingerprint density at radius 1 is 0.750 bits per heavy atom. The lowest BCUT2D eigenvalue weighted by Crippen LogP contribution is -2.48. The summed E-state index contributed by atoms with van der Waals surface area (Å²) in [6, 6.07) is 0. The van der Waals surface area contributed by atoms with E-state index in [-0.39, 0.29) is 0 Å². The Kier molecular flexibility index (Phi) is 3.36. The van der Waals surface area contributed by atoms with Crippen molar-refractivity contribution < 1.29 is 0 Å². The van der Waals surface area contributed by atoms with Gasteiger partial charge in [0.15, 0.2) is 0 Å². The highest BCUT2D eigenvalue weighted by atomic mass is 14.6. The molecule has 0 aromatic carbocycles. The van der Waals surface area contributed by atoms with Gasteiger partial charge in [0.2, 0.25) is 0 Å². The minimum absolute atomic E-state index is 0.618. The van der Waals surface area contributed by atoms with Crippen molar-refractivity contribution in [3.05, 3.63) is 0 Å². The maximum atomic E-state index is 5.86. The zero-order valence-electron chi connectivity index (χ0n) is 12.9. The number of rotatable bonds is 1. The maximum absolute atomic E-state index is 5.86. The molecule has 5 aliphatic carbocycles. The molecule has 0 N–H and O–H groups in total. The van der Waals surface area contributed by atoms with Crippen LogP contribution in [0.1, 0.15) is 77.0 Å². The fourth-order valence-corrected chi connectivity index (χ4v) is 6.78. The summed E-state index contributed by atoms with van der Waals surface area (Å²) in [5, 5.41) is 0. The molecule has 0 saturated heterocycles. The van der Waals surface area contributed by atoms with Crippen LogP contribution in [-0.2, 0) is 0 Å². The highest BCUT2D eigenvalue weighted by Crippen LogP contribution is 2.61. The smallest absolute Gasteiger partial charge is 0.0231 e. The third-order valence-electron chi connectivity index (χ3n) is 7.85. The second kappa shape index (κ2) is 5.08. The first-order valence-corrected chi connectivity index (χ1v) is 9.28. The molecule has 20 heavy (non-hydrogen) atoms. The third-order valence-corrected chi connectivity index (χ3v) is 7.85. The van der Waals surface area contributed by atoms with Gasteiger partial charge in [0.05, 0.1) is 0 Å². The molecule has 0 aromatic rings. The van der Waals surface area contributed by atoms with Gasteiger partial charge in [-0.25, -0.2) is 0 Å². The van der Waals surface area contributed by atoms with E-state index in [0.717, 1.165) is 29.1 Å². The monoisotopic (exact) mass is 270 g/mol. The summed E-state index contributed by atoms with van der Waals surface area (Å²) in [6.07, 6.45) is 23.9. The van der Waals surface area contributed by atoms with E-state index in [4.69, 9.17) is 6.42 Å². The van der Waals surface area contributed by atoms with Crippen molar-refractivity contribution in [1.82, 2.24) is 0 Å². The minimum Gasteiger partial charge on any atom is -0.120 e. The van der Waals surface area contributed by atoms with E-state index in [9.17, 15) is 0 Å². The lowest BCUT2D eigenvalue weighted by molar-refractivity contribution is -0.0696. The molecule has 0 amide bonds. The summed E-state index contributed by atoms with van der Waals surface area (Å²) in [4.78, 5) is 0. The van der Waals surface area contributed by atoms with Crippen molar-refractivity contribution >= 4 is 0 Å². The van der Waals surface area contributed by atoms with Crippen molar-refractivity contribution in [3.8, 4) is 12.3 Å². The average molecular weight is 270 g/mol. The zero-order chi connectivity index (χ0) is 13.6. The summed E-state index contributed by atoms with van der Waals surface area (Å²) in [7, 11) is 0. The maximum Gasteiger partial charge on any atom is 0.0231 e. The number of fused-ring (bicyclic) bond motifs is 4. The van der Waals surface area contributed by atoms with Crippen LogP contribution < -0.4 is 0 Å². The van der Waals surface area contributed by atoms with Gasteiger partial charge in [0.1, 0.15) is 0 Å². The topological polar surface area (TPSA) is 0 Å². The minimum atomic E-state index is 0.618. The van der Waals surface area contributed by atoms with Gasteiger partial charge in [0.25, 0.3) is 0 Å². The Bertz CT molecular complexity index is 379. The number of hydrogen-bond acceptors (Lipinski definition) is 0. The molecule has 0 heterocycles. The molecule has 4 unspecified atom stereocenters. The van der Waals surface area contributed by atoms with E-state index >= 15 is 0 Å². The second-order valence-corrected chi connectivity index (χ2v) is 8.41. The van der Waals surface area contributed by atoms with Gasteiger partial charge in [-0.1, -0.05) is 12.8 Å². The van der Waals surface area contributed by atoms with E-state index in [1.165, 1.54) is 38.5 Å². The van der Waals surface area contributed by atoms with Crippen molar-refractivity contribution in [2.45, 2.75) is 77.0 Å². The molecular weight excluding hydrogens is 240 g/mol. The van der Waals surface area contributed by atoms with E-state index in [0.29, 0.717) is 5.92 Å². The molecule has 4 atom stereocenters. The zero-order valence-corrected chi connectivity index (χ0v) is 12.9. The first-order valence-electron chi connectivity index (χ1n) is 9.28. The van der Waals surface area contributed by atoms with Crippen molar-refractivity contribution in [3.63, 3.8) is 0 Å². The van der Waals surface area contributed by atoms with Gasteiger partial charge >= 0.3 is 0 Å². The summed E-state index contributed by atoms with van der Waals surface area (Å²) >= 11 is 0. The van der Waals surface area contributed by atoms with Crippen molar-refractivity contribution in [2.75, 3.05) is 0 Å². The molecule has 0 radical (unpaired) electrons. The molecule has 110 valence electrons. The van der Waals surface area contributed by atoms with Crippen LogP contribution in [0.5, 0.6) is 0 Å². The SMILES string of the molecule is C#CC1CCC(C23CCC(CC2)CC3)C2CCCCC12. The predicted molar refractivity (Wildman–Crippen MR) is 84.1 cm³/mol. The first kappa shape index (κ1) is 13.2. The molecule has 0 spiro atoms. The van der Waals surface area contributed by atoms with E-state index < -0.39 is 0 Å². The summed E-state index contributed by atoms with van der Waals surface area (Å²) < 4.78 is 0. The van der Waals surface area contributed by atoms with Gasteiger partial charge in [-0.05, 0) is 93.3 Å². The van der Waals surface area contributed by atoms with Crippen LogP contribution >= 0.6 is 0 Å². The molecule has 0 aromatic heterocycles. The van der Waals surface area contributed by atoms with Crippen LogP contribution in [0.4, 0.5) is 0 Å². The molecule has 0 nitrogen and oxygen atoms in total. The normalized spacial score (nSPS) is 51.2. The Hall–Kier alpha value is -0.440. The first-order chi connectivity index (χ1) is 9.82. The van der Waals surface area contributed by atoms with Crippen molar-refractivity contribution in [1.29, 1.82) is 0 Å². The summed E-state index contributed by atoms with van der Waals surface area (Å²) in [5.41, 5.74) is 0.759. The summed E-state index contributed by atoms with van der Waals surface area (Å²) in [6.45, 7) is 0. The lowest BCUT2D eigenvalue weighted by Gasteiger charge is -2.57. The standard InChI is InChI=1S/C20H30/c1-2-16-7-8-19(18-6-4-3-5-17(16)18)20-12-9-15(10-13-20)11-14-20/h1,15-19H,3-14H2. The lowest BCUT2D eigenvalue weighted by atomic mass is 9.47. The van der Waals surface area contributed by atoms with E-state index in [1.807, 2.05) is 0 Å². The Labute approximate surface area is 125 Å². The molecule has 0 heteroatoms. The Morgan fingerprint density at radius 3 is 2.05 bits per heavy atom. The van der Waals surface area contributed by atoms with Crippen LogP contribution in [0, 0.1) is 47.3 Å². The highest BCUT2D eigenvalue weighted by Gasteiger charge is 2.52. The fourth-order valence-electron chi connectivity index (χ4n) is 6.78. The van der Waals surface area contributed by atoms with Gasteiger partial charge < -0.3 is 0 Å². The largest absolute Gasteiger partial charge is 0.120 e. The second-order valence-electron chi connectivity index (χ2n) is 8.41. The molecule has 2 bridgehead atoms. The van der Waals surface area contributed by atoms with Gasteiger partial charge in [-0.15, -0.1) is 12.3 Å². The van der Waals surface area contributed by atoms with Crippen LogP contribution in [0.25, 0.3) is 0 Å². The third kappa shape index (κ3) is 1.96. The molecule has 5 aliphatic rings. The van der Waals surface area contributed by atoms with Crippen LogP contribution in [0.15, 0.2) is 0 Å². The predicted octanol–water partition coefficient (Wildman–Crippen LogP) is 5.42. The van der Waals surface area contributed by atoms with Gasteiger partial charge in [-0.3, -0.25) is 0 Å². The quantitative estimate of drug-likeness (QED) is 0.558. The fraction of sp³-hybridized carbons (Fsp3) is 0.900. The molecule has 0 aliphatic heterocycles. The highest BCUT2D eigenvalue weighted by molar-refractivity contribution is 5.07. The van der Waals surface area contributed by atoms with E-state index in [1.54, 1.807) is 38.5 Å². The average Bonchev–Trinajstić information content (AvgIpc) is 2.55. The number of terminal acetylenes is 1. The van der Waals surface area contributed by atoms with Crippen molar-refractivity contribution in [2.24, 2.45) is 35.0 Å². The van der Waals surface area contributed by atoms with E-state index in [2.05, 4.69) is 5.92 Å². The Balaban J connectivity index is 1.60. The molecular formula is C20H30. The molecule has 5 rings (SSSR count). The Morgan fingerprint density at radius 2 is 1.40 bits per heavy atom. The van der Waals surface area contributed by atoms with Crippen LogP contribution in [0.2, 0.25) is 0 Å². The number of hydrogen-bond donors (Lipinski definition) is 0. The van der Waals surface area contributed by atoms with Gasteiger partial charge in [0, 0.05) is 5.92 Å². The van der Waals surface area contributed by atoms with Crippen LogP contribution in [0.3, 0.4) is 0 Å². The molecule has 5 saturated carbocycles.